The molecule has 3 N–H and O–H groups in total. The average molecular weight is 309 g/mol. The molecule has 0 saturated carbocycles. The van der Waals surface area contributed by atoms with Crippen LogP contribution in [0.4, 0.5) is 0 Å². The molecule has 0 saturated heterocycles. The summed E-state index contributed by atoms with van der Waals surface area (Å²) in [5.74, 6) is 0.404. The Morgan fingerprint density at radius 3 is 2.78 bits per heavy atom. The summed E-state index contributed by atoms with van der Waals surface area (Å²) in [6.07, 6.45) is 1.18. The molecule has 0 atom stereocenters. The van der Waals surface area contributed by atoms with Crippen molar-refractivity contribution in [2.24, 2.45) is 10.9 Å². The maximum atomic E-state index is 11.0. The van der Waals surface area contributed by atoms with Gasteiger partial charge < -0.3 is 10.9 Å². The molecule has 8 heteroatoms. The quantitative estimate of drug-likeness (QED) is 0.283. The molecule has 0 radical (unpaired) electrons. The van der Waals surface area contributed by atoms with Crippen LogP contribution in [0.15, 0.2) is 28.3 Å². The minimum atomic E-state index is -3.00. The van der Waals surface area contributed by atoms with Gasteiger partial charge in [-0.15, -0.1) is 11.8 Å². The topological polar surface area (TPSA) is 92.8 Å². The number of nitrogens with two attached hydrogens (primary N) is 1. The zero-order valence-electron chi connectivity index (χ0n) is 9.63. The number of benzene rings is 1. The molecule has 1 rings (SSSR count). The van der Waals surface area contributed by atoms with Gasteiger partial charge in [-0.1, -0.05) is 16.8 Å². The van der Waals surface area contributed by atoms with Crippen molar-refractivity contribution in [3.05, 3.63) is 28.8 Å². The first-order valence-electron chi connectivity index (χ1n) is 4.91. The van der Waals surface area contributed by atoms with Crippen LogP contribution in [-0.4, -0.2) is 37.2 Å². The summed E-state index contributed by atoms with van der Waals surface area (Å²) in [4.78, 5) is 0.721. The molecule has 1 aromatic rings. The highest BCUT2D eigenvalue weighted by molar-refractivity contribution is 8.00. The maximum absolute atomic E-state index is 11.0. The van der Waals surface area contributed by atoms with Crippen LogP contribution in [0, 0.1) is 0 Å². The van der Waals surface area contributed by atoms with Crippen molar-refractivity contribution in [1.29, 1.82) is 0 Å². The largest absolute Gasteiger partial charge is 0.409 e. The number of halogens is 1. The van der Waals surface area contributed by atoms with E-state index in [9.17, 15) is 8.42 Å². The first-order chi connectivity index (χ1) is 8.33. The van der Waals surface area contributed by atoms with Gasteiger partial charge in [-0.3, -0.25) is 0 Å². The highest BCUT2D eigenvalue weighted by Gasteiger charge is 2.10. The first kappa shape index (κ1) is 15.1. The maximum Gasteiger partial charge on any atom is 0.171 e. The van der Waals surface area contributed by atoms with Crippen LogP contribution in [-0.2, 0) is 9.84 Å². The van der Waals surface area contributed by atoms with Crippen molar-refractivity contribution in [1.82, 2.24) is 0 Å². The predicted molar refractivity (Wildman–Crippen MR) is 74.4 cm³/mol. The Kier molecular flexibility index (Phi) is 5.30. The van der Waals surface area contributed by atoms with E-state index in [1.807, 2.05) is 0 Å². The summed E-state index contributed by atoms with van der Waals surface area (Å²) in [6, 6.07) is 4.94. The van der Waals surface area contributed by atoms with Gasteiger partial charge in [0.25, 0.3) is 0 Å². The van der Waals surface area contributed by atoms with Gasteiger partial charge in [-0.25, -0.2) is 8.42 Å². The molecule has 0 aliphatic rings. The van der Waals surface area contributed by atoms with Gasteiger partial charge in [-0.05, 0) is 18.2 Å². The Hall–Kier alpha value is -0.920. The van der Waals surface area contributed by atoms with Crippen LogP contribution in [0.3, 0.4) is 0 Å². The molecule has 0 aliphatic carbocycles. The van der Waals surface area contributed by atoms with Gasteiger partial charge in [0.1, 0.15) is 9.84 Å². The lowest BCUT2D eigenvalue weighted by molar-refractivity contribution is 0.318. The number of hydrogen-bond acceptors (Lipinski definition) is 5. The highest BCUT2D eigenvalue weighted by atomic mass is 35.5. The van der Waals surface area contributed by atoms with E-state index in [0.717, 1.165) is 4.90 Å². The number of nitrogens with zero attached hydrogens (tertiary/aromatic N) is 1. The van der Waals surface area contributed by atoms with Crippen LogP contribution in [0.1, 0.15) is 5.56 Å². The normalized spacial score (nSPS) is 12.7. The predicted octanol–water partition coefficient (Wildman–Crippen LogP) is 1.57. The third-order valence-electron chi connectivity index (χ3n) is 2.04. The lowest BCUT2D eigenvalue weighted by atomic mass is 10.2. The number of thioether (sulfide) groups is 1. The van der Waals surface area contributed by atoms with Crippen molar-refractivity contribution >= 4 is 39.0 Å². The smallest absolute Gasteiger partial charge is 0.171 e. The Morgan fingerprint density at radius 2 is 2.22 bits per heavy atom. The van der Waals surface area contributed by atoms with Gasteiger partial charge in [0.15, 0.2) is 5.84 Å². The van der Waals surface area contributed by atoms with E-state index in [1.165, 1.54) is 18.0 Å². The van der Waals surface area contributed by atoms with E-state index < -0.39 is 9.84 Å². The molecule has 100 valence electrons. The molecule has 0 spiro atoms. The molecular weight excluding hydrogens is 296 g/mol. The molecule has 1 aromatic carbocycles. The van der Waals surface area contributed by atoms with E-state index in [-0.39, 0.29) is 11.6 Å². The minimum Gasteiger partial charge on any atom is -0.409 e. The Labute approximate surface area is 115 Å². The van der Waals surface area contributed by atoms with Crippen LogP contribution in [0.25, 0.3) is 0 Å². The van der Waals surface area contributed by atoms with Crippen LogP contribution in [0.2, 0.25) is 5.02 Å². The molecule has 0 heterocycles. The second-order valence-electron chi connectivity index (χ2n) is 3.60. The SMILES string of the molecule is CS(=O)(=O)CCSc1ccc(Cl)cc1C(N)=NO. The lowest BCUT2D eigenvalue weighted by Crippen LogP contribution is -2.14. The monoisotopic (exact) mass is 308 g/mol. The molecule has 0 amide bonds. The summed E-state index contributed by atoms with van der Waals surface area (Å²) < 4.78 is 22.1. The zero-order valence-corrected chi connectivity index (χ0v) is 12.0. The fourth-order valence-electron chi connectivity index (χ4n) is 1.19. The van der Waals surface area contributed by atoms with Crippen LogP contribution >= 0.6 is 23.4 Å². The van der Waals surface area contributed by atoms with Crippen LogP contribution in [0.5, 0.6) is 0 Å². The molecule has 0 aliphatic heterocycles. The van der Waals surface area contributed by atoms with Gasteiger partial charge in [0, 0.05) is 27.5 Å². The van der Waals surface area contributed by atoms with E-state index in [4.69, 9.17) is 22.5 Å². The third-order valence-corrected chi connectivity index (χ3v) is 4.55. The fraction of sp³-hybridized carbons (Fsp3) is 0.300. The van der Waals surface area contributed by atoms with Crippen molar-refractivity contribution in [3.8, 4) is 0 Å². The molecule has 0 fully saturated rings. The number of amidine groups is 1. The lowest BCUT2D eigenvalue weighted by Gasteiger charge is -2.08. The minimum absolute atomic E-state index is 0.0562. The van der Waals surface area contributed by atoms with E-state index in [0.29, 0.717) is 16.3 Å². The number of sulfone groups is 1. The fourth-order valence-corrected chi connectivity index (χ4v) is 3.60. The van der Waals surface area contributed by atoms with Gasteiger partial charge in [-0.2, -0.15) is 0 Å². The summed E-state index contributed by atoms with van der Waals surface area (Å²) in [5.41, 5.74) is 6.02. The Morgan fingerprint density at radius 1 is 1.56 bits per heavy atom. The van der Waals surface area contributed by atoms with E-state index >= 15 is 0 Å². The molecule has 0 unspecified atom stereocenters. The summed E-state index contributed by atoms with van der Waals surface area (Å²) in [5, 5.41) is 12.1. The molecule has 18 heavy (non-hydrogen) atoms. The second kappa shape index (κ2) is 6.31. The molecule has 0 bridgehead atoms. The molecule has 0 aromatic heterocycles. The zero-order chi connectivity index (χ0) is 13.8. The summed E-state index contributed by atoms with van der Waals surface area (Å²) in [7, 11) is -3.00. The van der Waals surface area contributed by atoms with E-state index in [2.05, 4.69) is 5.16 Å². The van der Waals surface area contributed by atoms with Gasteiger partial charge in [0.2, 0.25) is 0 Å². The molecular formula is C10H13ClN2O3S2. The number of oxime groups is 1. The van der Waals surface area contributed by atoms with Crippen molar-refractivity contribution < 1.29 is 13.6 Å². The Bertz CT molecular complexity index is 558. The first-order valence-corrected chi connectivity index (χ1v) is 8.34. The standard InChI is InChI=1S/C10H13ClN2O3S2/c1-18(15,16)5-4-17-9-3-2-7(11)6-8(9)10(12)13-14/h2-3,6,14H,4-5H2,1H3,(H2,12,13). The number of hydrogen-bond donors (Lipinski definition) is 2. The number of rotatable bonds is 5. The van der Waals surface area contributed by atoms with Gasteiger partial charge in [0.05, 0.1) is 5.75 Å². The van der Waals surface area contributed by atoms with Crippen molar-refractivity contribution in [2.45, 2.75) is 4.90 Å². The summed E-state index contributed by atoms with van der Waals surface area (Å²) in [6.45, 7) is 0. The second-order valence-corrected chi connectivity index (χ2v) is 7.44. The van der Waals surface area contributed by atoms with Gasteiger partial charge >= 0.3 is 0 Å². The third kappa shape index (κ3) is 4.75. The average Bonchev–Trinajstić information content (AvgIpc) is 2.28. The molecule has 5 nitrogen and oxygen atoms in total. The van der Waals surface area contributed by atoms with E-state index in [1.54, 1.807) is 18.2 Å². The van der Waals surface area contributed by atoms with Crippen LogP contribution < -0.4 is 5.73 Å². The van der Waals surface area contributed by atoms with Crippen molar-refractivity contribution in [3.63, 3.8) is 0 Å². The highest BCUT2D eigenvalue weighted by Crippen LogP contribution is 2.25. The summed E-state index contributed by atoms with van der Waals surface area (Å²) >= 11 is 7.14. The van der Waals surface area contributed by atoms with Crippen molar-refractivity contribution in [2.75, 3.05) is 17.8 Å². The Balaban J connectivity index is 2.89.